The Bertz CT molecular complexity index is 631. The number of hydrogen-bond acceptors (Lipinski definition) is 3. The van der Waals surface area contributed by atoms with Crippen LogP contribution in [-0.4, -0.2) is 17.4 Å². The van der Waals surface area contributed by atoms with E-state index in [1.165, 1.54) is 6.07 Å². The summed E-state index contributed by atoms with van der Waals surface area (Å²) in [5, 5.41) is 5.94. The summed E-state index contributed by atoms with van der Waals surface area (Å²) < 4.78 is 13.5. The molecule has 0 aliphatic carbocycles. The first kappa shape index (κ1) is 17.1. The van der Waals surface area contributed by atoms with Gasteiger partial charge in [-0.25, -0.2) is 4.39 Å². The van der Waals surface area contributed by atoms with Crippen molar-refractivity contribution < 1.29 is 9.18 Å². The first-order chi connectivity index (χ1) is 11.1. The number of hydrogen-bond donors (Lipinski definition) is 2. The number of carbonyl (C=O) groups excluding carboxylic acids is 1. The van der Waals surface area contributed by atoms with Crippen molar-refractivity contribution in [2.24, 2.45) is 5.92 Å². The van der Waals surface area contributed by atoms with Crippen LogP contribution in [0.25, 0.3) is 0 Å². The highest BCUT2D eigenvalue weighted by Gasteiger charge is 2.17. The molecule has 0 spiro atoms. The highest BCUT2D eigenvalue weighted by molar-refractivity contribution is 5.78. The smallest absolute Gasteiger partial charge is 0.234 e. The average molecular weight is 315 g/mol. The number of halogens is 1. The van der Waals surface area contributed by atoms with Gasteiger partial charge in [-0.15, -0.1) is 0 Å². The summed E-state index contributed by atoms with van der Waals surface area (Å²) in [4.78, 5) is 16.3. The molecule has 0 saturated heterocycles. The Morgan fingerprint density at radius 2 is 1.91 bits per heavy atom. The van der Waals surface area contributed by atoms with Crippen molar-refractivity contribution in [1.29, 1.82) is 0 Å². The van der Waals surface area contributed by atoms with Crippen molar-refractivity contribution >= 4 is 5.91 Å². The van der Waals surface area contributed by atoms with Crippen LogP contribution in [0.4, 0.5) is 4.39 Å². The van der Waals surface area contributed by atoms with Crippen molar-refractivity contribution in [2.75, 3.05) is 6.54 Å². The molecule has 0 aliphatic rings. The minimum Gasteiger partial charge on any atom is -0.351 e. The van der Waals surface area contributed by atoms with E-state index in [0.717, 1.165) is 5.69 Å². The molecule has 2 aromatic rings. The van der Waals surface area contributed by atoms with E-state index in [-0.39, 0.29) is 30.9 Å². The quantitative estimate of drug-likeness (QED) is 0.826. The fraction of sp³-hybridized carbons (Fsp3) is 0.333. The molecule has 2 rings (SSSR count). The molecule has 1 aromatic carbocycles. The van der Waals surface area contributed by atoms with Crippen molar-refractivity contribution in [2.45, 2.75) is 26.4 Å². The zero-order valence-electron chi connectivity index (χ0n) is 13.4. The van der Waals surface area contributed by atoms with Gasteiger partial charge < -0.3 is 5.32 Å². The Hall–Kier alpha value is -2.27. The molecule has 1 amide bonds. The molecular weight excluding hydrogens is 293 g/mol. The van der Waals surface area contributed by atoms with Crippen LogP contribution in [-0.2, 0) is 11.3 Å². The lowest BCUT2D eigenvalue weighted by Gasteiger charge is -2.21. The number of nitrogens with zero attached hydrogens (tertiary/aromatic N) is 1. The molecule has 0 fully saturated rings. The third-order valence-corrected chi connectivity index (χ3v) is 3.59. The zero-order valence-corrected chi connectivity index (χ0v) is 13.4. The second-order valence-corrected chi connectivity index (χ2v) is 5.73. The molecule has 122 valence electrons. The third kappa shape index (κ3) is 5.14. The Morgan fingerprint density at radius 3 is 2.57 bits per heavy atom. The van der Waals surface area contributed by atoms with Crippen LogP contribution in [0.15, 0.2) is 48.7 Å². The Morgan fingerprint density at radius 1 is 1.17 bits per heavy atom. The maximum atomic E-state index is 13.5. The standard InChI is InChI=1S/C18H22FN3O/c1-13(2)18(16-9-5-6-10-20-16)22-12-17(23)21-11-14-7-3-4-8-15(14)19/h3-10,13,18,22H,11-12H2,1-2H3,(H,21,23)/t18-/m0/s1. The number of carbonyl (C=O) groups is 1. The van der Waals surface area contributed by atoms with E-state index in [1.54, 1.807) is 24.4 Å². The average Bonchev–Trinajstić information content (AvgIpc) is 2.55. The second kappa shape index (κ2) is 8.39. The fourth-order valence-electron chi connectivity index (χ4n) is 2.34. The van der Waals surface area contributed by atoms with E-state index in [4.69, 9.17) is 0 Å². The second-order valence-electron chi connectivity index (χ2n) is 5.73. The van der Waals surface area contributed by atoms with Crippen molar-refractivity contribution in [1.82, 2.24) is 15.6 Å². The van der Waals surface area contributed by atoms with Crippen LogP contribution < -0.4 is 10.6 Å². The Kier molecular flexibility index (Phi) is 6.23. The third-order valence-electron chi connectivity index (χ3n) is 3.59. The summed E-state index contributed by atoms with van der Waals surface area (Å²) >= 11 is 0. The van der Waals surface area contributed by atoms with Gasteiger partial charge in [-0.3, -0.25) is 15.1 Å². The molecule has 4 nitrogen and oxygen atoms in total. The number of aromatic nitrogens is 1. The summed E-state index contributed by atoms with van der Waals surface area (Å²) in [6.45, 7) is 4.49. The molecule has 0 unspecified atom stereocenters. The molecule has 5 heteroatoms. The Labute approximate surface area is 136 Å². The Balaban J connectivity index is 1.86. The van der Waals surface area contributed by atoms with Gasteiger partial charge in [0.05, 0.1) is 18.3 Å². The molecule has 1 heterocycles. The van der Waals surface area contributed by atoms with Gasteiger partial charge in [0.2, 0.25) is 5.91 Å². The summed E-state index contributed by atoms with van der Waals surface area (Å²) in [5.41, 5.74) is 1.38. The molecule has 0 bridgehead atoms. The maximum Gasteiger partial charge on any atom is 0.234 e. The van der Waals surface area contributed by atoms with Gasteiger partial charge in [0.25, 0.3) is 0 Å². The molecule has 1 atom stereocenters. The van der Waals surface area contributed by atoms with Crippen LogP contribution in [0.3, 0.4) is 0 Å². The van der Waals surface area contributed by atoms with Crippen molar-refractivity contribution in [3.63, 3.8) is 0 Å². The lowest BCUT2D eigenvalue weighted by Crippen LogP contribution is -2.37. The summed E-state index contributed by atoms with van der Waals surface area (Å²) in [7, 11) is 0. The molecule has 0 saturated carbocycles. The van der Waals surface area contributed by atoms with Gasteiger partial charge in [0, 0.05) is 18.3 Å². The first-order valence-electron chi connectivity index (χ1n) is 7.72. The predicted molar refractivity (Wildman–Crippen MR) is 88.1 cm³/mol. The lowest BCUT2D eigenvalue weighted by molar-refractivity contribution is -0.120. The van der Waals surface area contributed by atoms with Gasteiger partial charge in [-0.2, -0.15) is 0 Å². The molecule has 2 N–H and O–H groups in total. The van der Waals surface area contributed by atoms with Gasteiger partial charge in [0.1, 0.15) is 5.82 Å². The van der Waals surface area contributed by atoms with E-state index in [2.05, 4.69) is 29.5 Å². The zero-order chi connectivity index (χ0) is 16.7. The number of rotatable bonds is 7. The lowest BCUT2D eigenvalue weighted by atomic mass is 10.0. The fourth-order valence-corrected chi connectivity index (χ4v) is 2.34. The van der Waals surface area contributed by atoms with Crippen molar-refractivity contribution in [3.05, 3.63) is 65.7 Å². The highest BCUT2D eigenvalue weighted by atomic mass is 19.1. The van der Waals surface area contributed by atoms with Gasteiger partial charge >= 0.3 is 0 Å². The van der Waals surface area contributed by atoms with Crippen LogP contribution in [0.5, 0.6) is 0 Å². The SMILES string of the molecule is CC(C)[C@H](NCC(=O)NCc1ccccc1F)c1ccccn1. The molecule has 23 heavy (non-hydrogen) atoms. The highest BCUT2D eigenvalue weighted by Crippen LogP contribution is 2.18. The van der Waals surface area contributed by atoms with Crippen LogP contribution in [0.1, 0.15) is 31.1 Å². The number of benzene rings is 1. The molecule has 0 radical (unpaired) electrons. The number of pyridine rings is 1. The van der Waals surface area contributed by atoms with E-state index in [9.17, 15) is 9.18 Å². The van der Waals surface area contributed by atoms with Gasteiger partial charge in [0.15, 0.2) is 0 Å². The molecule has 0 aliphatic heterocycles. The van der Waals surface area contributed by atoms with E-state index in [0.29, 0.717) is 11.5 Å². The minimum absolute atomic E-state index is 0.00425. The number of nitrogens with one attached hydrogen (secondary N) is 2. The largest absolute Gasteiger partial charge is 0.351 e. The van der Waals surface area contributed by atoms with Gasteiger partial charge in [-0.1, -0.05) is 38.1 Å². The monoisotopic (exact) mass is 315 g/mol. The molecular formula is C18H22FN3O. The van der Waals surface area contributed by atoms with E-state index >= 15 is 0 Å². The summed E-state index contributed by atoms with van der Waals surface area (Å²) in [6, 6.07) is 12.1. The van der Waals surface area contributed by atoms with Crippen LogP contribution in [0.2, 0.25) is 0 Å². The topological polar surface area (TPSA) is 54.0 Å². The summed E-state index contributed by atoms with van der Waals surface area (Å²) in [6.07, 6.45) is 1.74. The predicted octanol–water partition coefficient (Wildman–Crippen LogP) is 2.82. The molecule has 1 aromatic heterocycles. The number of amides is 1. The minimum atomic E-state index is -0.311. The summed E-state index contributed by atoms with van der Waals surface area (Å²) in [5.74, 6) is -0.187. The van der Waals surface area contributed by atoms with Crippen LogP contribution >= 0.6 is 0 Å². The normalized spacial score (nSPS) is 12.2. The first-order valence-corrected chi connectivity index (χ1v) is 7.72. The van der Waals surface area contributed by atoms with E-state index in [1.807, 2.05) is 18.2 Å². The maximum absolute atomic E-state index is 13.5. The van der Waals surface area contributed by atoms with Crippen LogP contribution in [0, 0.1) is 11.7 Å². The van der Waals surface area contributed by atoms with E-state index < -0.39 is 0 Å². The van der Waals surface area contributed by atoms with Gasteiger partial charge in [-0.05, 0) is 24.1 Å². The van der Waals surface area contributed by atoms with Crippen molar-refractivity contribution in [3.8, 4) is 0 Å².